The number of aromatic nitrogens is 2. The number of benzene rings is 1. The Morgan fingerprint density at radius 2 is 1.97 bits per heavy atom. The number of H-pyrrole nitrogens is 1. The van der Waals surface area contributed by atoms with Crippen molar-refractivity contribution in [2.45, 2.75) is 39.0 Å². The van der Waals surface area contributed by atoms with Crippen molar-refractivity contribution in [2.24, 2.45) is 5.92 Å². The van der Waals surface area contributed by atoms with Gasteiger partial charge in [0.15, 0.2) is 5.01 Å². The summed E-state index contributed by atoms with van der Waals surface area (Å²) in [6, 6.07) is 5.50. The molecule has 32 heavy (non-hydrogen) atoms. The molecule has 3 N–H and O–H groups in total. The first-order chi connectivity index (χ1) is 15.5. The highest BCUT2D eigenvalue weighted by molar-refractivity contribution is 7.11. The highest BCUT2D eigenvalue weighted by atomic mass is 32.1. The van der Waals surface area contributed by atoms with Gasteiger partial charge in [0.25, 0.3) is 11.8 Å². The zero-order valence-electron chi connectivity index (χ0n) is 18.2. The topological polar surface area (TPSA) is 107 Å². The first-order valence-electron chi connectivity index (χ1n) is 10.9. The molecule has 0 atom stereocenters. The molecular formula is C23H27N5O3S. The summed E-state index contributed by atoms with van der Waals surface area (Å²) in [6.45, 7) is 2.30. The highest BCUT2D eigenvalue weighted by Crippen LogP contribution is 2.32. The number of hydrogen-bond donors (Lipinski definition) is 3. The molecule has 1 aromatic carbocycles. The van der Waals surface area contributed by atoms with Gasteiger partial charge in [-0.1, -0.05) is 19.3 Å². The van der Waals surface area contributed by atoms with Crippen molar-refractivity contribution in [3.05, 3.63) is 40.3 Å². The monoisotopic (exact) mass is 453 g/mol. The summed E-state index contributed by atoms with van der Waals surface area (Å²) in [4.78, 5) is 47.2. The van der Waals surface area contributed by atoms with Crippen LogP contribution in [0.4, 0.5) is 11.5 Å². The van der Waals surface area contributed by atoms with Crippen molar-refractivity contribution in [3.63, 3.8) is 0 Å². The number of carbonyl (C=O) groups excluding carboxylic acids is 3. The van der Waals surface area contributed by atoms with Gasteiger partial charge in [0.05, 0.1) is 5.56 Å². The number of aromatic amines is 1. The standard InChI is InChI=1S/C23H27N5O3S/c1-3-24-20(29)18-16-10-9-15(28(2)23(31)14-7-5-4-6-8-14)13-17(16)26-19(18)27-21(30)22-25-11-12-32-22/h9-14,26H,3-8H2,1-2H3,(H,24,29)(H,27,30). The van der Waals surface area contributed by atoms with E-state index in [1.807, 2.05) is 25.1 Å². The van der Waals surface area contributed by atoms with Crippen LogP contribution < -0.4 is 15.5 Å². The predicted molar refractivity (Wildman–Crippen MR) is 126 cm³/mol. The van der Waals surface area contributed by atoms with E-state index in [1.54, 1.807) is 23.5 Å². The molecule has 0 aliphatic heterocycles. The summed E-state index contributed by atoms with van der Waals surface area (Å²) in [7, 11) is 1.79. The lowest BCUT2D eigenvalue weighted by Crippen LogP contribution is -2.33. The zero-order chi connectivity index (χ0) is 22.7. The molecule has 9 heteroatoms. The minimum absolute atomic E-state index is 0.0622. The number of thiazole rings is 1. The lowest BCUT2D eigenvalue weighted by Gasteiger charge is -2.26. The quantitative estimate of drug-likeness (QED) is 0.521. The van der Waals surface area contributed by atoms with Crippen molar-refractivity contribution < 1.29 is 14.4 Å². The second-order valence-electron chi connectivity index (χ2n) is 7.99. The maximum absolute atomic E-state index is 13.0. The van der Waals surface area contributed by atoms with Crippen LogP contribution in [0.5, 0.6) is 0 Å². The maximum atomic E-state index is 13.0. The smallest absolute Gasteiger partial charge is 0.285 e. The Morgan fingerprint density at radius 3 is 2.66 bits per heavy atom. The summed E-state index contributed by atoms with van der Waals surface area (Å²) in [6.07, 6.45) is 6.81. The van der Waals surface area contributed by atoms with Crippen LogP contribution in [0.25, 0.3) is 10.9 Å². The first kappa shape index (κ1) is 22.0. The number of hydrogen-bond acceptors (Lipinski definition) is 5. The minimum atomic E-state index is -0.387. The van der Waals surface area contributed by atoms with E-state index in [0.29, 0.717) is 33.8 Å². The number of anilines is 2. The molecule has 4 rings (SSSR count). The molecule has 1 aliphatic carbocycles. The van der Waals surface area contributed by atoms with E-state index >= 15 is 0 Å². The molecule has 1 aliphatic rings. The normalized spacial score (nSPS) is 14.3. The molecule has 0 radical (unpaired) electrons. The van der Waals surface area contributed by atoms with Gasteiger partial charge in [-0.15, -0.1) is 11.3 Å². The lowest BCUT2D eigenvalue weighted by atomic mass is 9.88. The van der Waals surface area contributed by atoms with E-state index in [2.05, 4.69) is 20.6 Å². The number of amides is 3. The van der Waals surface area contributed by atoms with Crippen LogP contribution in [0, 0.1) is 5.92 Å². The van der Waals surface area contributed by atoms with E-state index in [4.69, 9.17) is 0 Å². The van der Waals surface area contributed by atoms with E-state index in [9.17, 15) is 14.4 Å². The van der Waals surface area contributed by atoms with Gasteiger partial charge in [0.2, 0.25) is 5.91 Å². The second kappa shape index (κ2) is 9.52. The van der Waals surface area contributed by atoms with Crippen molar-refractivity contribution >= 4 is 51.5 Å². The summed E-state index contributed by atoms with van der Waals surface area (Å²) in [5.41, 5.74) is 1.77. The zero-order valence-corrected chi connectivity index (χ0v) is 19.1. The number of nitrogens with zero attached hydrogens (tertiary/aromatic N) is 2. The fourth-order valence-corrected chi connectivity index (χ4v) is 4.76. The largest absolute Gasteiger partial charge is 0.352 e. The van der Waals surface area contributed by atoms with Crippen LogP contribution in [0.1, 0.15) is 59.2 Å². The molecule has 0 bridgehead atoms. The number of carbonyl (C=O) groups is 3. The molecule has 168 valence electrons. The van der Waals surface area contributed by atoms with Gasteiger partial charge in [-0.3, -0.25) is 14.4 Å². The van der Waals surface area contributed by atoms with Crippen LogP contribution in [0.15, 0.2) is 29.8 Å². The average Bonchev–Trinajstić information content (AvgIpc) is 3.46. The van der Waals surface area contributed by atoms with Crippen LogP contribution in [-0.2, 0) is 4.79 Å². The Morgan fingerprint density at radius 1 is 1.19 bits per heavy atom. The third kappa shape index (κ3) is 4.38. The minimum Gasteiger partial charge on any atom is -0.352 e. The van der Waals surface area contributed by atoms with Crippen molar-refractivity contribution in [1.29, 1.82) is 0 Å². The average molecular weight is 454 g/mol. The molecule has 3 amide bonds. The van der Waals surface area contributed by atoms with Gasteiger partial charge >= 0.3 is 0 Å². The van der Waals surface area contributed by atoms with Crippen molar-refractivity contribution in [1.82, 2.24) is 15.3 Å². The fraction of sp³-hybridized carbons (Fsp3) is 0.391. The molecule has 1 fully saturated rings. The lowest BCUT2D eigenvalue weighted by molar-refractivity contribution is -0.123. The molecule has 8 nitrogen and oxygen atoms in total. The first-order valence-corrected chi connectivity index (χ1v) is 11.8. The van der Waals surface area contributed by atoms with Crippen LogP contribution in [-0.4, -0.2) is 41.3 Å². The summed E-state index contributed by atoms with van der Waals surface area (Å²) >= 11 is 1.22. The third-order valence-electron chi connectivity index (χ3n) is 5.88. The fourth-order valence-electron chi connectivity index (χ4n) is 4.23. The molecule has 2 heterocycles. The van der Waals surface area contributed by atoms with E-state index in [0.717, 1.165) is 31.4 Å². The molecular weight excluding hydrogens is 426 g/mol. The highest BCUT2D eigenvalue weighted by Gasteiger charge is 2.26. The van der Waals surface area contributed by atoms with Crippen LogP contribution in [0.3, 0.4) is 0 Å². The molecule has 0 spiro atoms. The van der Waals surface area contributed by atoms with Gasteiger partial charge in [0.1, 0.15) is 5.82 Å². The van der Waals surface area contributed by atoms with E-state index < -0.39 is 0 Å². The Hall–Kier alpha value is -3.20. The van der Waals surface area contributed by atoms with Crippen LogP contribution >= 0.6 is 11.3 Å². The SMILES string of the molecule is CCNC(=O)c1c(NC(=O)c2nccs2)[nH]c2cc(N(C)C(=O)C3CCCCC3)ccc12. The molecule has 0 saturated heterocycles. The summed E-state index contributed by atoms with van der Waals surface area (Å²) < 4.78 is 0. The number of nitrogens with one attached hydrogen (secondary N) is 3. The van der Waals surface area contributed by atoms with Gasteiger partial charge < -0.3 is 20.5 Å². The molecule has 3 aromatic rings. The molecule has 2 aromatic heterocycles. The van der Waals surface area contributed by atoms with Gasteiger partial charge in [-0.2, -0.15) is 0 Å². The Kier molecular flexibility index (Phi) is 6.55. The Bertz CT molecular complexity index is 1130. The number of fused-ring (bicyclic) bond motifs is 1. The summed E-state index contributed by atoms with van der Waals surface area (Å²) in [5, 5.41) is 8.28. The maximum Gasteiger partial charge on any atom is 0.285 e. The second-order valence-corrected chi connectivity index (χ2v) is 8.88. The number of rotatable bonds is 6. The van der Waals surface area contributed by atoms with Gasteiger partial charge in [-0.05, 0) is 38.0 Å². The molecule has 0 unspecified atom stereocenters. The Labute approximate surface area is 190 Å². The Balaban J connectivity index is 1.67. The van der Waals surface area contributed by atoms with Crippen LogP contribution in [0.2, 0.25) is 0 Å². The third-order valence-corrected chi connectivity index (χ3v) is 6.66. The summed E-state index contributed by atoms with van der Waals surface area (Å²) in [5.74, 6) is -0.178. The predicted octanol–water partition coefficient (Wildman–Crippen LogP) is 4.17. The van der Waals surface area contributed by atoms with E-state index in [1.165, 1.54) is 17.8 Å². The van der Waals surface area contributed by atoms with Gasteiger partial charge in [0, 0.05) is 47.7 Å². The molecule has 1 saturated carbocycles. The van der Waals surface area contributed by atoms with Gasteiger partial charge in [-0.25, -0.2) is 4.98 Å². The van der Waals surface area contributed by atoms with Crippen molar-refractivity contribution in [2.75, 3.05) is 23.8 Å². The van der Waals surface area contributed by atoms with E-state index in [-0.39, 0.29) is 23.6 Å². The van der Waals surface area contributed by atoms with Crippen molar-refractivity contribution in [3.8, 4) is 0 Å².